The number of hydrogen-bond acceptors (Lipinski definition) is 8. The third kappa shape index (κ3) is 10.2. The number of aromatic nitrogens is 2. The van der Waals surface area contributed by atoms with Crippen LogP contribution >= 0.6 is 23.2 Å². The summed E-state index contributed by atoms with van der Waals surface area (Å²) in [6.07, 6.45) is 4.49. The molecule has 0 saturated heterocycles. The zero-order chi connectivity index (χ0) is 37.0. The number of ether oxygens (including phenoxy) is 4. The largest absolute Gasteiger partial charge is 0.619 e. The van der Waals surface area contributed by atoms with Gasteiger partial charge in [-0.15, -0.1) is 0 Å². The van der Waals surface area contributed by atoms with E-state index < -0.39 is 48.1 Å². The van der Waals surface area contributed by atoms with Crippen LogP contribution < -0.4 is 18.5 Å². The highest BCUT2D eigenvalue weighted by Crippen LogP contribution is 2.38. The topological polar surface area (TPSA) is 143 Å². The number of esters is 2. The van der Waals surface area contributed by atoms with E-state index in [1.807, 2.05) is 0 Å². The van der Waals surface area contributed by atoms with Crippen LogP contribution in [-0.2, 0) is 43.3 Å². The Morgan fingerprint density at radius 3 is 2.43 bits per heavy atom. The summed E-state index contributed by atoms with van der Waals surface area (Å²) in [5.74, 6) is -1.31. The van der Waals surface area contributed by atoms with Crippen molar-refractivity contribution < 1.29 is 50.8 Å². The molecule has 1 aliphatic carbocycles. The third-order valence-electron chi connectivity index (χ3n) is 7.69. The lowest BCUT2D eigenvalue weighted by atomic mass is 10.0. The molecule has 2 aromatic heterocycles. The Morgan fingerprint density at radius 2 is 1.80 bits per heavy atom. The quantitative estimate of drug-likeness (QED) is 0.0599. The van der Waals surface area contributed by atoms with Gasteiger partial charge in [0.25, 0.3) is 11.3 Å². The van der Waals surface area contributed by atoms with Gasteiger partial charge in [-0.2, -0.15) is 13.5 Å². The molecule has 1 N–H and O–H groups in total. The summed E-state index contributed by atoms with van der Waals surface area (Å²) < 4.78 is 73.6. The van der Waals surface area contributed by atoms with Crippen molar-refractivity contribution in [1.29, 1.82) is 0 Å². The summed E-state index contributed by atoms with van der Waals surface area (Å²) in [4.78, 5) is 26.1. The number of nitrogens with zero attached hydrogens (tertiary/aromatic N) is 3. The van der Waals surface area contributed by atoms with Crippen molar-refractivity contribution in [3.8, 4) is 11.5 Å². The number of halogens is 4. The molecule has 17 heteroatoms. The molecule has 274 valence electrons. The summed E-state index contributed by atoms with van der Waals surface area (Å²) in [7, 11) is 0. The van der Waals surface area contributed by atoms with Gasteiger partial charge in [0.05, 0.1) is 17.8 Å². The Morgan fingerprint density at radius 1 is 1.10 bits per heavy atom. The van der Waals surface area contributed by atoms with E-state index in [0.29, 0.717) is 32.7 Å². The van der Waals surface area contributed by atoms with E-state index in [-0.39, 0.29) is 46.8 Å². The van der Waals surface area contributed by atoms with Crippen molar-refractivity contribution in [3.63, 3.8) is 0 Å². The molecule has 2 atom stereocenters. The number of rotatable bonds is 15. The van der Waals surface area contributed by atoms with Crippen molar-refractivity contribution >= 4 is 63.0 Å². The molecule has 1 fully saturated rings. The predicted molar refractivity (Wildman–Crippen MR) is 185 cm³/mol. The van der Waals surface area contributed by atoms with Crippen LogP contribution in [0.2, 0.25) is 10.0 Å². The fourth-order valence-electron chi connectivity index (χ4n) is 5.27. The number of fused-ring (bicyclic) bond motifs is 1. The van der Waals surface area contributed by atoms with Gasteiger partial charge >= 0.3 is 18.6 Å². The van der Waals surface area contributed by atoms with Gasteiger partial charge in [0.2, 0.25) is 0 Å². The van der Waals surface area contributed by atoms with Gasteiger partial charge < -0.3 is 28.7 Å². The fraction of sp³-hybridized carbons (Fsp3) is 0.382. The molecule has 1 aliphatic rings. The molecule has 2 aromatic carbocycles. The second-order valence-electron chi connectivity index (χ2n) is 12.8. The van der Waals surface area contributed by atoms with Crippen LogP contribution in [0.1, 0.15) is 50.8 Å². The molecule has 12 nitrogen and oxygen atoms in total. The first kappa shape index (κ1) is 38.1. The zero-order valence-corrected chi connectivity index (χ0v) is 30.1. The molecule has 0 spiro atoms. The van der Waals surface area contributed by atoms with Gasteiger partial charge in [0, 0.05) is 23.6 Å². The molecular weight excluding hydrogens is 735 g/mol. The molecular formula is C34H35Cl2F2N3O9S. The molecule has 0 bridgehead atoms. The monoisotopic (exact) mass is 769 g/mol. The van der Waals surface area contributed by atoms with E-state index in [0.717, 1.165) is 29.5 Å². The SMILES string of the molecule is CC(C)(C)OC(=O)CN(c1cccc2c1ccn2CC(=O)OC(Cc1c(Cl)c[n+]([O-])cc1Cl)c1ccc(OC(F)F)c(OCC2CC2)c1)S(=O)O. The summed E-state index contributed by atoms with van der Waals surface area (Å²) in [5, 5.41) is 12.4. The van der Waals surface area contributed by atoms with Gasteiger partial charge in [-0.3, -0.25) is 18.4 Å². The normalized spacial score (nSPS) is 14.3. The van der Waals surface area contributed by atoms with Gasteiger partial charge in [-0.25, -0.2) is 4.21 Å². The Kier molecular flexibility index (Phi) is 11.9. The van der Waals surface area contributed by atoms with Crippen LogP contribution in [0.3, 0.4) is 0 Å². The third-order valence-corrected chi connectivity index (χ3v) is 9.04. The number of benzene rings is 2. The molecule has 2 heterocycles. The van der Waals surface area contributed by atoms with Crippen LogP contribution in [0.4, 0.5) is 14.5 Å². The number of pyridine rings is 1. The first-order valence-electron chi connectivity index (χ1n) is 15.7. The molecule has 0 amide bonds. The average molecular weight is 771 g/mol. The highest BCUT2D eigenvalue weighted by Gasteiger charge is 2.28. The Bertz CT molecular complexity index is 1910. The van der Waals surface area contributed by atoms with E-state index >= 15 is 0 Å². The van der Waals surface area contributed by atoms with E-state index in [9.17, 15) is 32.3 Å². The number of anilines is 1. The molecule has 2 unspecified atom stereocenters. The lowest BCUT2D eigenvalue weighted by Gasteiger charge is -2.24. The van der Waals surface area contributed by atoms with Crippen LogP contribution in [0.5, 0.6) is 11.5 Å². The summed E-state index contributed by atoms with van der Waals surface area (Å²) in [5.41, 5.74) is 0.575. The van der Waals surface area contributed by atoms with Gasteiger partial charge in [0.15, 0.2) is 23.9 Å². The first-order chi connectivity index (χ1) is 24.1. The summed E-state index contributed by atoms with van der Waals surface area (Å²) in [6.45, 7) is 1.38. The zero-order valence-electron chi connectivity index (χ0n) is 27.7. The molecule has 4 aromatic rings. The van der Waals surface area contributed by atoms with E-state index in [4.69, 9.17) is 37.4 Å². The van der Waals surface area contributed by atoms with E-state index in [1.54, 1.807) is 55.8 Å². The Hall–Kier alpha value is -4.18. The lowest BCUT2D eigenvalue weighted by molar-refractivity contribution is -0.605. The number of hydrogen-bond donors (Lipinski definition) is 1. The Labute approximate surface area is 304 Å². The summed E-state index contributed by atoms with van der Waals surface area (Å²) in [6, 6.07) is 10.7. The average Bonchev–Trinajstić information content (AvgIpc) is 3.77. The minimum Gasteiger partial charge on any atom is -0.619 e. The van der Waals surface area contributed by atoms with Crippen LogP contribution in [0.15, 0.2) is 61.1 Å². The molecule has 51 heavy (non-hydrogen) atoms. The van der Waals surface area contributed by atoms with Crippen LogP contribution in [0.25, 0.3) is 10.9 Å². The van der Waals surface area contributed by atoms with Crippen molar-refractivity contribution in [2.24, 2.45) is 5.92 Å². The number of carbonyl (C=O) groups is 2. The van der Waals surface area contributed by atoms with Crippen LogP contribution in [-0.4, -0.2) is 50.6 Å². The smallest absolute Gasteiger partial charge is 0.387 e. The molecule has 0 radical (unpaired) electrons. The number of alkyl halides is 2. The van der Waals surface area contributed by atoms with Crippen molar-refractivity contribution in [1.82, 2.24) is 4.57 Å². The second-order valence-corrected chi connectivity index (χ2v) is 14.5. The summed E-state index contributed by atoms with van der Waals surface area (Å²) >= 11 is 10.1. The fourth-order valence-corrected chi connectivity index (χ4v) is 6.42. The lowest BCUT2D eigenvalue weighted by Crippen LogP contribution is -2.36. The van der Waals surface area contributed by atoms with Gasteiger partial charge in [-0.1, -0.05) is 35.3 Å². The number of carbonyl (C=O) groups excluding carboxylic acids is 2. The highest BCUT2D eigenvalue weighted by atomic mass is 35.5. The van der Waals surface area contributed by atoms with Crippen molar-refractivity contribution in [2.45, 2.75) is 64.9 Å². The molecule has 1 saturated carbocycles. The first-order valence-corrected chi connectivity index (χ1v) is 17.6. The maximum Gasteiger partial charge on any atom is 0.387 e. The van der Waals surface area contributed by atoms with Crippen molar-refractivity contribution in [3.05, 3.63) is 87.4 Å². The molecule has 0 aliphatic heterocycles. The maximum atomic E-state index is 13.6. The highest BCUT2D eigenvalue weighted by molar-refractivity contribution is 7.80. The van der Waals surface area contributed by atoms with Crippen LogP contribution in [0, 0.1) is 11.1 Å². The van der Waals surface area contributed by atoms with Crippen molar-refractivity contribution in [2.75, 3.05) is 17.5 Å². The van der Waals surface area contributed by atoms with E-state index in [2.05, 4.69) is 4.74 Å². The van der Waals surface area contributed by atoms with E-state index in [1.165, 1.54) is 18.2 Å². The second kappa shape index (κ2) is 16.0. The molecule has 5 rings (SSSR count). The predicted octanol–water partition coefficient (Wildman–Crippen LogP) is 6.78. The minimum absolute atomic E-state index is 0.0162. The van der Waals surface area contributed by atoms with Gasteiger partial charge in [-0.05, 0) is 75.4 Å². The maximum absolute atomic E-state index is 13.6. The van der Waals surface area contributed by atoms with Gasteiger partial charge in [0.1, 0.15) is 34.8 Å². The standard InChI is InChI=1S/C34H35Cl2F2N3O9S/c1-34(2,3)50-32(43)18-41(51(45)46)27-6-4-5-26-22(27)11-12-39(26)17-31(42)48-29(14-23-24(35)15-40(44)16-25(23)36)21-9-10-28(49-33(37)38)30(13-21)47-19-20-7-8-20/h4-6,9-13,15-16,20,29,33H,7-8,14,17-19H2,1-3H3,(H,45,46). The Balaban J connectivity index is 1.43. The minimum atomic E-state index is -3.10.